The monoisotopic (exact) mass is 549 g/mol. The summed E-state index contributed by atoms with van der Waals surface area (Å²) in [6, 6.07) is 19.1. The zero-order valence-electron chi connectivity index (χ0n) is 22.5. The van der Waals surface area contributed by atoms with Gasteiger partial charge in [-0.3, -0.25) is 15.1 Å². The van der Waals surface area contributed by atoms with Gasteiger partial charge < -0.3 is 34.6 Å². The van der Waals surface area contributed by atoms with E-state index in [4.69, 9.17) is 25.1 Å². The van der Waals surface area contributed by atoms with Crippen molar-refractivity contribution in [1.29, 1.82) is 0 Å². The number of rotatable bonds is 8. The molecule has 2 aromatic heterocycles. The van der Waals surface area contributed by atoms with E-state index in [-0.39, 0.29) is 37.3 Å². The number of hydrogen-bond acceptors (Lipinski definition) is 7. The highest BCUT2D eigenvalue weighted by Crippen LogP contribution is 2.21. The van der Waals surface area contributed by atoms with E-state index >= 15 is 0 Å². The molecule has 0 radical (unpaired) electrons. The van der Waals surface area contributed by atoms with E-state index in [0.29, 0.717) is 24.5 Å². The first-order valence-corrected chi connectivity index (χ1v) is 13.2. The zero-order valence-corrected chi connectivity index (χ0v) is 22.5. The van der Waals surface area contributed by atoms with Gasteiger partial charge in [-0.2, -0.15) is 0 Å². The number of nitrogens with zero attached hydrogens (tertiary/aromatic N) is 2. The maximum Gasteiger partial charge on any atom is 0.354 e. The van der Waals surface area contributed by atoms with E-state index in [0.717, 1.165) is 47.7 Å². The first kappa shape index (κ1) is 28.8. The second-order valence-electron chi connectivity index (χ2n) is 9.11. The van der Waals surface area contributed by atoms with Crippen LogP contribution in [0.3, 0.4) is 0 Å². The van der Waals surface area contributed by atoms with E-state index in [1.54, 1.807) is 6.07 Å². The summed E-state index contributed by atoms with van der Waals surface area (Å²) in [4.78, 5) is 30.5. The number of aromatic amines is 1. The van der Waals surface area contributed by atoms with Gasteiger partial charge in [-0.1, -0.05) is 36.4 Å². The van der Waals surface area contributed by atoms with Gasteiger partial charge in [-0.25, -0.2) is 4.79 Å². The molecule has 0 spiro atoms. The van der Waals surface area contributed by atoms with Gasteiger partial charge >= 0.3 is 5.97 Å². The van der Waals surface area contributed by atoms with Crippen molar-refractivity contribution in [2.24, 2.45) is 10.7 Å². The molecule has 0 saturated carbocycles. The molecule has 1 fully saturated rings. The Morgan fingerprint density at radius 3 is 2.65 bits per heavy atom. The fraction of sp³-hybridized carbons (Fsp3) is 0.345. The van der Waals surface area contributed by atoms with Crippen LogP contribution in [0, 0.1) is 0 Å². The molecule has 40 heavy (non-hydrogen) atoms. The first-order valence-electron chi connectivity index (χ1n) is 13.2. The molecule has 4 aromatic rings. The number of guanidine groups is 1. The summed E-state index contributed by atoms with van der Waals surface area (Å²) in [7, 11) is 1.40. The summed E-state index contributed by atoms with van der Waals surface area (Å²) in [6.07, 6.45) is 3.08. The van der Waals surface area contributed by atoms with Gasteiger partial charge in [0.25, 0.3) is 5.91 Å². The second kappa shape index (κ2) is 14.3. The van der Waals surface area contributed by atoms with Crippen molar-refractivity contribution in [2.75, 3.05) is 33.5 Å². The Hall–Kier alpha value is -4.19. The molecule has 5 N–H and O–H groups in total. The molecule has 212 valence electrons. The lowest BCUT2D eigenvalue weighted by Gasteiger charge is -2.23. The minimum absolute atomic E-state index is 0.00675. The largest absolute Gasteiger partial charge is 0.464 e. The number of nitrogens with two attached hydrogens (primary N) is 1. The van der Waals surface area contributed by atoms with Crippen LogP contribution in [0.2, 0.25) is 0 Å². The molecular formula is C29H35N5O6. The number of fused-ring (bicyclic) bond motifs is 2. The van der Waals surface area contributed by atoms with Crippen molar-refractivity contribution in [3.63, 3.8) is 0 Å². The number of hydrogen-bond donors (Lipinski definition) is 4. The smallest absolute Gasteiger partial charge is 0.354 e. The van der Waals surface area contributed by atoms with Crippen LogP contribution in [0.15, 0.2) is 65.7 Å². The molecule has 0 aliphatic carbocycles. The van der Waals surface area contributed by atoms with Crippen LogP contribution in [0.25, 0.3) is 21.8 Å². The van der Waals surface area contributed by atoms with Crippen LogP contribution in [-0.4, -0.2) is 72.3 Å². The molecule has 11 nitrogen and oxygen atoms in total. The third-order valence-electron chi connectivity index (χ3n) is 6.36. The average Bonchev–Trinajstić information content (AvgIpc) is 3.59. The molecule has 1 amide bonds. The summed E-state index contributed by atoms with van der Waals surface area (Å²) in [6.45, 7) is 1.93. The molecule has 5 rings (SSSR count). The summed E-state index contributed by atoms with van der Waals surface area (Å²) in [5.41, 5.74) is 8.35. The van der Waals surface area contributed by atoms with Crippen LogP contribution in [-0.2, 0) is 20.8 Å². The quantitative estimate of drug-likeness (QED) is 0.150. The van der Waals surface area contributed by atoms with E-state index in [1.165, 1.54) is 7.11 Å². The molecule has 1 saturated heterocycles. The van der Waals surface area contributed by atoms with Crippen molar-refractivity contribution in [3.8, 4) is 0 Å². The van der Waals surface area contributed by atoms with Crippen LogP contribution in [0.5, 0.6) is 0 Å². The van der Waals surface area contributed by atoms with E-state index in [9.17, 15) is 9.59 Å². The van der Waals surface area contributed by atoms with E-state index in [1.807, 2.05) is 59.2 Å². The van der Waals surface area contributed by atoms with Gasteiger partial charge in [0.15, 0.2) is 12.2 Å². The Labute approximate surface area is 231 Å². The molecule has 1 aliphatic rings. The Morgan fingerprint density at radius 2 is 1.93 bits per heavy atom. The van der Waals surface area contributed by atoms with Gasteiger partial charge in [-0.05, 0) is 43.5 Å². The Bertz CT molecular complexity index is 1420. The van der Waals surface area contributed by atoms with Gasteiger partial charge in [0.05, 0.1) is 26.9 Å². The highest BCUT2D eigenvalue weighted by atomic mass is 16.7. The highest BCUT2D eigenvalue weighted by molar-refractivity contribution is 6.06. The minimum Gasteiger partial charge on any atom is -0.464 e. The Balaban J connectivity index is 0.000000189. The topological polar surface area (TPSA) is 153 Å². The second-order valence-corrected chi connectivity index (χ2v) is 9.11. The Kier molecular flexibility index (Phi) is 10.3. The van der Waals surface area contributed by atoms with Crippen molar-refractivity contribution in [2.45, 2.75) is 32.1 Å². The van der Waals surface area contributed by atoms with Crippen LogP contribution < -0.4 is 11.1 Å². The van der Waals surface area contributed by atoms with Crippen LogP contribution in [0.1, 0.15) is 40.2 Å². The standard InChI is InChI=1S/C17H21NO4.C12H14N4O2/c1-20-17(19)15-12-13-6-2-3-7-14(13)18(15)9-11-22-16-8-4-5-10-21-16;13-12(14-5-6-17)16-11(18)10-7-8-3-1-2-4-9(8)15-10/h2-3,6-7,12,16H,4-5,8-11H2,1H3;1-4,7,15,17H,5-6H2,(H3,13,14,16,18). The SMILES string of the molecule is COC(=O)c1cc2ccccc2n1CCOC1CCCCO1.NC(=NCCO)NC(=O)c1cc2ccccc2[nH]1. The van der Waals surface area contributed by atoms with Crippen molar-refractivity contribution >= 4 is 39.6 Å². The summed E-state index contributed by atoms with van der Waals surface area (Å²) < 4.78 is 18.2. The number of carbonyl (C=O) groups is 2. The predicted octanol–water partition coefficient (Wildman–Crippen LogP) is 3.18. The number of H-pyrrole nitrogens is 1. The number of benzene rings is 2. The number of aliphatic hydroxyl groups is 1. The molecule has 11 heteroatoms. The lowest BCUT2D eigenvalue weighted by atomic mass is 10.2. The molecule has 2 aromatic carbocycles. The number of para-hydroxylation sites is 2. The van der Waals surface area contributed by atoms with E-state index in [2.05, 4.69) is 15.3 Å². The molecular weight excluding hydrogens is 514 g/mol. The summed E-state index contributed by atoms with van der Waals surface area (Å²) in [5.74, 6) is -0.691. The number of aromatic nitrogens is 2. The molecule has 0 bridgehead atoms. The molecule has 3 heterocycles. The number of aliphatic imine (C=N–C) groups is 1. The number of ether oxygens (including phenoxy) is 3. The lowest BCUT2D eigenvalue weighted by molar-refractivity contribution is -0.163. The third kappa shape index (κ3) is 7.47. The normalized spacial score (nSPS) is 15.4. The van der Waals surface area contributed by atoms with Crippen LogP contribution >= 0.6 is 0 Å². The lowest BCUT2D eigenvalue weighted by Crippen LogP contribution is -2.37. The highest BCUT2D eigenvalue weighted by Gasteiger charge is 2.18. The number of nitrogens with one attached hydrogen (secondary N) is 2. The predicted molar refractivity (Wildman–Crippen MR) is 152 cm³/mol. The van der Waals surface area contributed by atoms with Gasteiger partial charge in [0, 0.05) is 35.0 Å². The average molecular weight is 550 g/mol. The third-order valence-corrected chi connectivity index (χ3v) is 6.36. The van der Waals surface area contributed by atoms with Gasteiger partial charge in [-0.15, -0.1) is 0 Å². The number of aliphatic hydroxyl groups excluding tert-OH is 1. The fourth-order valence-corrected chi connectivity index (χ4v) is 4.43. The van der Waals surface area contributed by atoms with Gasteiger partial charge in [0.2, 0.25) is 0 Å². The number of carbonyl (C=O) groups excluding carboxylic acids is 2. The number of esters is 1. The van der Waals surface area contributed by atoms with Gasteiger partial charge in [0.1, 0.15) is 11.4 Å². The van der Waals surface area contributed by atoms with Crippen LogP contribution in [0.4, 0.5) is 0 Å². The molecule has 1 aliphatic heterocycles. The molecule has 1 atom stereocenters. The first-order chi connectivity index (χ1) is 19.5. The minimum atomic E-state index is -0.356. The summed E-state index contributed by atoms with van der Waals surface area (Å²) >= 11 is 0. The maximum atomic E-state index is 12.0. The zero-order chi connectivity index (χ0) is 28.3. The van der Waals surface area contributed by atoms with Crippen molar-refractivity contribution in [3.05, 3.63) is 72.1 Å². The fourth-order valence-electron chi connectivity index (χ4n) is 4.43. The summed E-state index contributed by atoms with van der Waals surface area (Å²) in [5, 5.41) is 13.0. The van der Waals surface area contributed by atoms with Crippen molar-refractivity contribution in [1.82, 2.24) is 14.9 Å². The van der Waals surface area contributed by atoms with Crippen molar-refractivity contribution < 1.29 is 28.9 Å². The molecule has 1 unspecified atom stereocenters. The number of methoxy groups -OCH3 is 1. The number of amides is 1. The maximum absolute atomic E-state index is 12.0. The van der Waals surface area contributed by atoms with E-state index < -0.39 is 0 Å². The Morgan fingerprint density at radius 1 is 1.15 bits per heavy atom.